The van der Waals surface area contributed by atoms with Gasteiger partial charge in [0, 0.05) is 43.3 Å². The van der Waals surface area contributed by atoms with Crippen LogP contribution in [-0.4, -0.2) is 50.3 Å². The van der Waals surface area contributed by atoms with Gasteiger partial charge in [0.2, 0.25) is 0 Å². The summed E-state index contributed by atoms with van der Waals surface area (Å²) in [7, 11) is 0. The number of rotatable bonds is 6. The summed E-state index contributed by atoms with van der Waals surface area (Å²) < 4.78 is 0. The van der Waals surface area contributed by atoms with Gasteiger partial charge in [0.05, 0.1) is 0 Å². The van der Waals surface area contributed by atoms with E-state index in [9.17, 15) is 4.79 Å². The molecule has 1 fully saturated rings. The van der Waals surface area contributed by atoms with E-state index in [1.165, 1.54) is 0 Å². The quantitative estimate of drug-likeness (QED) is 0.597. The number of aliphatic carboxylic acids is 1. The van der Waals surface area contributed by atoms with Crippen molar-refractivity contribution in [2.24, 2.45) is 5.73 Å². The van der Waals surface area contributed by atoms with E-state index < -0.39 is 11.5 Å². The predicted octanol–water partition coefficient (Wildman–Crippen LogP) is 0.966. The summed E-state index contributed by atoms with van der Waals surface area (Å²) >= 11 is 1.64. The van der Waals surface area contributed by atoms with Gasteiger partial charge in [0.25, 0.3) is 0 Å². The number of carboxylic acid groups (broad SMARTS) is 1. The summed E-state index contributed by atoms with van der Waals surface area (Å²) in [5.41, 5.74) is 5.72. The molecule has 1 aromatic heterocycles. The van der Waals surface area contributed by atoms with Crippen molar-refractivity contribution in [3.05, 3.63) is 18.0 Å². The van der Waals surface area contributed by atoms with E-state index in [0.717, 1.165) is 22.9 Å². The number of likely N-dealkylation sites (tertiary alicyclic amines) is 1. The molecule has 1 aliphatic heterocycles. The standard InChI is InChI=1S/C13H20N4O2S/c1-2-5-20-12-15-6-10(7-16-12)8-17-4-3-13(14,9-17)11(18)19/h6-7H,2-5,8-9,14H2,1H3,(H,18,19)/t13-/m1/s1. The molecule has 3 N–H and O–H groups in total. The number of aromatic nitrogens is 2. The highest BCUT2D eigenvalue weighted by Crippen LogP contribution is 2.21. The van der Waals surface area contributed by atoms with Crippen LogP contribution in [0.4, 0.5) is 0 Å². The van der Waals surface area contributed by atoms with Crippen LogP contribution in [0, 0.1) is 0 Å². The van der Waals surface area contributed by atoms with Crippen molar-refractivity contribution in [2.75, 3.05) is 18.8 Å². The Morgan fingerprint density at radius 1 is 1.55 bits per heavy atom. The molecule has 1 aromatic rings. The highest BCUT2D eigenvalue weighted by molar-refractivity contribution is 7.99. The Balaban J connectivity index is 1.90. The fraction of sp³-hybridized carbons (Fsp3) is 0.615. The van der Waals surface area contributed by atoms with Crippen LogP contribution in [0.2, 0.25) is 0 Å². The smallest absolute Gasteiger partial charge is 0.325 e. The van der Waals surface area contributed by atoms with Crippen LogP contribution in [-0.2, 0) is 11.3 Å². The normalized spacial score (nSPS) is 23.1. The summed E-state index contributed by atoms with van der Waals surface area (Å²) in [5, 5.41) is 9.88. The van der Waals surface area contributed by atoms with Gasteiger partial charge in [-0.05, 0) is 12.8 Å². The number of carboxylic acids is 1. The van der Waals surface area contributed by atoms with Crippen LogP contribution < -0.4 is 5.73 Å². The first-order chi connectivity index (χ1) is 9.53. The number of hydrogen-bond donors (Lipinski definition) is 2. The van der Waals surface area contributed by atoms with Gasteiger partial charge in [-0.3, -0.25) is 9.69 Å². The first-order valence-electron chi connectivity index (χ1n) is 6.72. The molecule has 0 amide bonds. The first-order valence-corrected chi connectivity index (χ1v) is 7.70. The Bertz CT molecular complexity index is 468. The number of hydrogen-bond acceptors (Lipinski definition) is 6. The molecule has 7 heteroatoms. The van der Waals surface area contributed by atoms with Gasteiger partial charge in [-0.25, -0.2) is 9.97 Å². The molecule has 2 rings (SSSR count). The molecule has 0 unspecified atom stereocenters. The molecule has 2 heterocycles. The minimum atomic E-state index is -1.11. The van der Waals surface area contributed by atoms with Crippen molar-refractivity contribution < 1.29 is 9.90 Å². The summed E-state index contributed by atoms with van der Waals surface area (Å²) in [6, 6.07) is 0. The van der Waals surface area contributed by atoms with E-state index in [4.69, 9.17) is 10.8 Å². The van der Waals surface area contributed by atoms with Crippen molar-refractivity contribution in [1.29, 1.82) is 0 Å². The van der Waals surface area contributed by atoms with Gasteiger partial charge in [-0.2, -0.15) is 0 Å². The molecule has 0 bridgehead atoms. The van der Waals surface area contributed by atoms with E-state index in [0.29, 0.717) is 26.1 Å². The minimum Gasteiger partial charge on any atom is -0.480 e. The van der Waals surface area contributed by atoms with Crippen molar-refractivity contribution in [1.82, 2.24) is 14.9 Å². The van der Waals surface area contributed by atoms with E-state index in [1.54, 1.807) is 11.8 Å². The monoisotopic (exact) mass is 296 g/mol. The molecule has 0 radical (unpaired) electrons. The maximum Gasteiger partial charge on any atom is 0.325 e. The molecule has 0 aliphatic carbocycles. The summed E-state index contributed by atoms with van der Waals surface area (Å²) in [6.07, 6.45) is 5.19. The van der Waals surface area contributed by atoms with Crippen molar-refractivity contribution in [3.8, 4) is 0 Å². The molecule has 0 saturated carbocycles. The van der Waals surface area contributed by atoms with Crippen LogP contribution in [0.25, 0.3) is 0 Å². The lowest BCUT2D eigenvalue weighted by Crippen LogP contribution is -2.50. The lowest BCUT2D eigenvalue weighted by atomic mass is 10.0. The maximum atomic E-state index is 11.1. The maximum absolute atomic E-state index is 11.1. The van der Waals surface area contributed by atoms with Crippen molar-refractivity contribution in [2.45, 2.75) is 37.0 Å². The third-order valence-corrected chi connectivity index (χ3v) is 4.41. The number of carbonyl (C=O) groups is 1. The van der Waals surface area contributed by atoms with Crippen LogP contribution >= 0.6 is 11.8 Å². The second-order valence-corrected chi connectivity index (χ2v) is 6.21. The summed E-state index contributed by atoms with van der Waals surface area (Å²) in [6.45, 7) is 3.82. The van der Waals surface area contributed by atoms with Crippen LogP contribution in [0.1, 0.15) is 25.3 Å². The molecule has 1 saturated heterocycles. The van der Waals surface area contributed by atoms with Gasteiger partial charge in [0.15, 0.2) is 5.16 Å². The topological polar surface area (TPSA) is 92.3 Å². The molecule has 1 aliphatic rings. The van der Waals surface area contributed by atoms with Gasteiger partial charge in [0.1, 0.15) is 5.54 Å². The molecule has 6 nitrogen and oxygen atoms in total. The summed E-state index contributed by atoms with van der Waals surface area (Å²) in [4.78, 5) is 21.7. The number of nitrogens with two attached hydrogens (primary N) is 1. The SMILES string of the molecule is CCCSc1ncc(CN2CC[C@](N)(C(=O)O)C2)cn1. The van der Waals surface area contributed by atoms with Crippen LogP contribution in [0.3, 0.4) is 0 Å². The summed E-state index contributed by atoms with van der Waals surface area (Å²) in [5.74, 6) is 0.0855. The largest absolute Gasteiger partial charge is 0.480 e. The average molecular weight is 296 g/mol. The van der Waals surface area contributed by atoms with Crippen molar-refractivity contribution in [3.63, 3.8) is 0 Å². The number of thioether (sulfide) groups is 1. The van der Waals surface area contributed by atoms with Crippen molar-refractivity contribution >= 4 is 17.7 Å². The number of nitrogens with zero attached hydrogens (tertiary/aromatic N) is 3. The zero-order valence-corrected chi connectivity index (χ0v) is 12.4. The highest BCUT2D eigenvalue weighted by Gasteiger charge is 2.41. The van der Waals surface area contributed by atoms with E-state index >= 15 is 0 Å². The second kappa shape index (κ2) is 6.51. The second-order valence-electron chi connectivity index (χ2n) is 5.14. The van der Waals surface area contributed by atoms with Gasteiger partial charge >= 0.3 is 5.97 Å². The fourth-order valence-corrected chi connectivity index (χ4v) is 2.82. The molecule has 0 spiro atoms. The third-order valence-electron chi connectivity index (χ3n) is 3.33. The lowest BCUT2D eigenvalue weighted by molar-refractivity contribution is -0.142. The molecule has 110 valence electrons. The Labute approximate surface area is 122 Å². The van der Waals surface area contributed by atoms with Gasteiger partial charge in [-0.15, -0.1) is 0 Å². The minimum absolute atomic E-state index is 0.370. The van der Waals surface area contributed by atoms with Crippen LogP contribution in [0.15, 0.2) is 17.6 Å². The first kappa shape index (κ1) is 15.2. The Kier molecular flexibility index (Phi) is 4.95. The predicted molar refractivity (Wildman–Crippen MR) is 77.5 cm³/mol. The highest BCUT2D eigenvalue weighted by atomic mass is 32.2. The average Bonchev–Trinajstić information content (AvgIpc) is 2.81. The van der Waals surface area contributed by atoms with E-state index in [-0.39, 0.29) is 0 Å². The third kappa shape index (κ3) is 3.68. The molecular weight excluding hydrogens is 276 g/mol. The zero-order chi connectivity index (χ0) is 14.6. The van der Waals surface area contributed by atoms with Gasteiger partial charge < -0.3 is 10.8 Å². The molecular formula is C13H20N4O2S. The Hall–Kier alpha value is -1.18. The molecule has 20 heavy (non-hydrogen) atoms. The Morgan fingerprint density at radius 3 is 2.80 bits per heavy atom. The van der Waals surface area contributed by atoms with E-state index in [2.05, 4.69) is 16.9 Å². The molecule has 0 aromatic carbocycles. The molecule has 1 atom stereocenters. The van der Waals surface area contributed by atoms with Crippen LogP contribution in [0.5, 0.6) is 0 Å². The zero-order valence-electron chi connectivity index (χ0n) is 11.6. The van der Waals surface area contributed by atoms with E-state index in [1.807, 2.05) is 17.3 Å². The lowest BCUT2D eigenvalue weighted by Gasteiger charge is -2.19. The van der Waals surface area contributed by atoms with Gasteiger partial charge in [-0.1, -0.05) is 18.7 Å². The Morgan fingerprint density at radius 2 is 2.25 bits per heavy atom. The fourth-order valence-electron chi connectivity index (χ4n) is 2.17.